The van der Waals surface area contributed by atoms with Gasteiger partial charge in [-0.25, -0.2) is 4.79 Å². The van der Waals surface area contributed by atoms with Gasteiger partial charge in [-0.3, -0.25) is 14.2 Å². The van der Waals surface area contributed by atoms with Gasteiger partial charge in [-0.1, -0.05) is 127 Å². The molecule has 7 rings (SSSR count). The maximum absolute atomic E-state index is 15.3. The van der Waals surface area contributed by atoms with Crippen molar-refractivity contribution >= 4 is 25.4 Å². The van der Waals surface area contributed by atoms with Gasteiger partial charge < -0.3 is 49.3 Å². The van der Waals surface area contributed by atoms with E-state index in [9.17, 15) is 14.2 Å². The first-order valence-corrected chi connectivity index (χ1v) is 24.5. The predicted octanol–water partition coefficient (Wildman–Crippen LogP) is 8.90. The third kappa shape index (κ3) is 14.7. The summed E-state index contributed by atoms with van der Waals surface area (Å²) in [6.45, 7) is 1.05. The lowest BCUT2D eigenvalue weighted by Gasteiger charge is -2.51. The SMILES string of the molecule is COCCOCOC1C(CCc2ccc(OCP(=O)(OCc3ccccc3)OCc3ccccc3)cc2)N(Cc2cccc(C(N)=O)c2)C(=O)N(Cc2cccc(C(N)=O)c2)C1Cc1ccccc1. The molecule has 0 bridgehead atoms. The summed E-state index contributed by atoms with van der Waals surface area (Å²) < 4.78 is 50.0. The summed E-state index contributed by atoms with van der Waals surface area (Å²) >= 11 is 0. The zero-order valence-corrected chi connectivity index (χ0v) is 39.6. The number of carbonyl (C=O) groups excluding carboxylic acids is 3. The number of nitrogens with two attached hydrogens (primary N) is 2. The van der Waals surface area contributed by atoms with E-state index >= 15 is 4.79 Å². The Kier molecular flexibility index (Phi) is 18.3. The minimum absolute atomic E-state index is 0.0694. The largest absolute Gasteiger partial charge is 0.481 e. The lowest BCUT2D eigenvalue weighted by atomic mass is 9.87. The van der Waals surface area contributed by atoms with E-state index in [4.69, 9.17) is 39.5 Å². The molecule has 4 N–H and O–H groups in total. The Bertz CT molecular complexity index is 2580. The van der Waals surface area contributed by atoms with E-state index in [0.29, 0.717) is 60.5 Å². The Labute approximate surface area is 403 Å². The van der Waals surface area contributed by atoms with Crippen molar-refractivity contribution in [1.82, 2.24) is 9.80 Å². The van der Waals surface area contributed by atoms with Gasteiger partial charge in [-0.05, 0) is 89.0 Å². The van der Waals surface area contributed by atoms with Crippen molar-refractivity contribution in [2.75, 3.05) is 33.5 Å². The highest BCUT2D eigenvalue weighted by Gasteiger charge is 2.47. The molecule has 15 heteroatoms. The van der Waals surface area contributed by atoms with Crippen LogP contribution in [0.25, 0.3) is 0 Å². The van der Waals surface area contributed by atoms with Gasteiger partial charge in [0.05, 0.1) is 38.5 Å². The number of primary amides is 2. The fraction of sp³-hybridized carbons (Fsp3) is 0.278. The number of aryl methyl sites for hydroxylation is 1. The molecule has 0 aliphatic carbocycles. The molecule has 1 aliphatic rings. The molecular weight excluding hydrogens is 896 g/mol. The third-order valence-corrected chi connectivity index (χ3v) is 13.3. The van der Waals surface area contributed by atoms with Gasteiger partial charge in [-0.15, -0.1) is 0 Å². The third-order valence-electron chi connectivity index (χ3n) is 11.8. The van der Waals surface area contributed by atoms with Gasteiger partial charge in [0.25, 0.3) is 0 Å². The van der Waals surface area contributed by atoms with E-state index in [-0.39, 0.29) is 45.5 Å². The fourth-order valence-corrected chi connectivity index (χ4v) is 9.47. The molecule has 69 heavy (non-hydrogen) atoms. The number of amides is 4. The van der Waals surface area contributed by atoms with Crippen LogP contribution in [0.1, 0.15) is 60.5 Å². The van der Waals surface area contributed by atoms with Crippen LogP contribution in [0, 0.1) is 0 Å². The van der Waals surface area contributed by atoms with Gasteiger partial charge in [0, 0.05) is 31.3 Å². The smallest absolute Gasteiger partial charge is 0.368 e. The Morgan fingerprint density at radius 2 is 1.10 bits per heavy atom. The number of hydrogen-bond donors (Lipinski definition) is 2. The van der Waals surface area contributed by atoms with Crippen LogP contribution in [0.15, 0.2) is 164 Å². The minimum Gasteiger partial charge on any atom is -0.481 e. The number of ether oxygens (including phenoxy) is 4. The number of hydrogen-bond acceptors (Lipinski definition) is 10. The van der Waals surface area contributed by atoms with Crippen LogP contribution in [-0.2, 0) is 67.0 Å². The number of rotatable bonds is 26. The number of benzene rings is 6. The molecule has 1 fully saturated rings. The summed E-state index contributed by atoms with van der Waals surface area (Å²) in [7, 11) is -2.14. The summed E-state index contributed by atoms with van der Waals surface area (Å²) in [6, 6.07) is 48.9. The van der Waals surface area contributed by atoms with Crippen molar-refractivity contribution in [3.63, 3.8) is 0 Å². The van der Waals surface area contributed by atoms with Crippen LogP contribution >= 0.6 is 7.60 Å². The molecular formula is C54H59N4O10P. The van der Waals surface area contributed by atoms with E-state index in [0.717, 1.165) is 22.3 Å². The molecule has 1 aliphatic heterocycles. The Morgan fingerprint density at radius 3 is 1.62 bits per heavy atom. The highest BCUT2D eigenvalue weighted by molar-refractivity contribution is 7.53. The second-order valence-electron chi connectivity index (χ2n) is 16.7. The van der Waals surface area contributed by atoms with E-state index < -0.39 is 37.6 Å². The first-order chi connectivity index (χ1) is 33.6. The van der Waals surface area contributed by atoms with Gasteiger partial charge in [0.1, 0.15) is 18.6 Å². The number of nitrogens with zero attached hydrogens (tertiary/aromatic N) is 2. The second kappa shape index (κ2) is 25.1. The van der Waals surface area contributed by atoms with Gasteiger partial charge >= 0.3 is 13.6 Å². The molecule has 3 atom stereocenters. The first-order valence-electron chi connectivity index (χ1n) is 22.8. The molecule has 1 saturated heterocycles. The topological polar surface area (TPSA) is 182 Å². The molecule has 1 heterocycles. The van der Waals surface area contributed by atoms with Crippen molar-refractivity contribution in [1.29, 1.82) is 0 Å². The Hall–Kier alpha value is -6.64. The highest BCUT2D eigenvalue weighted by Crippen LogP contribution is 2.50. The van der Waals surface area contributed by atoms with Crippen LogP contribution in [0.3, 0.4) is 0 Å². The molecule has 0 radical (unpaired) electrons. The average Bonchev–Trinajstić information content (AvgIpc) is 3.38. The van der Waals surface area contributed by atoms with Crippen molar-refractivity contribution in [3.8, 4) is 5.75 Å². The normalized spacial score (nSPS) is 16.1. The van der Waals surface area contributed by atoms with Crippen molar-refractivity contribution < 1.29 is 46.9 Å². The van der Waals surface area contributed by atoms with Crippen molar-refractivity contribution in [2.24, 2.45) is 11.5 Å². The summed E-state index contributed by atoms with van der Waals surface area (Å²) in [5, 5.41) is 0. The monoisotopic (exact) mass is 954 g/mol. The maximum atomic E-state index is 15.3. The molecule has 4 amide bonds. The van der Waals surface area contributed by atoms with Gasteiger partial charge in [0.2, 0.25) is 11.8 Å². The quantitative estimate of drug-likeness (QED) is 0.0303. The van der Waals surface area contributed by atoms with Crippen LogP contribution in [0.2, 0.25) is 0 Å². The van der Waals surface area contributed by atoms with Crippen LogP contribution in [0.4, 0.5) is 4.79 Å². The summed E-state index contributed by atoms with van der Waals surface area (Å²) in [5.41, 5.74) is 17.1. The molecule has 6 aromatic carbocycles. The average molecular weight is 955 g/mol. The number of urea groups is 1. The van der Waals surface area contributed by atoms with E-state index in [2.05, 4.69) is 0 Å². The highest BCUT2D eigenvalue weighted by atomic mass is 31.2. The van der Waals surface area contributed by atoms with Crippen molar-refractivity contribution in [3.05, 3.63) is 208 Å². The van der Waals surface area contributed by atoms with Gasteiger partial charge in [0.15, 0.2) is 6.35 Å². The predicted molar refractivity (Wildman–Crippen MR) is 262 cm³/mol. The molecule has 0 aromatic heterocycles. The number of carbonyl (C=O) groups is 3. The standard InChI is InChI=1S/C54H59N4O10P/c1-63-29-30-64-38-65-51-49(28-25-40-23-26-48(27-24-40)66-39-69(62,67-36-42-15-7-3-8-16-42)68-37-43-17-9-4-10-18-43)57(34-44-19-11-21-46(31-44)52(55)59)54(61)58(50(51)33-41-13-5-2-6-14-41)35-45-20-12-22-47(32-45)53(56)60/h2-24,26-27,31-32,49-51H,25,28-30,33-39H2,1H3,(H2,55,59)(H2,56,60). The lowest BCUT2D eigenvalue weighted by Crippen LogP contribution is -2.66. The Morgan fingerprint density at radius 1 is 0.594 bits per heavy atom. The van der Waals surface area contributed by atoms with E-state index in [1.807, 2.05) is 127 Å². The molecule has 0 saturated carbocycles. The second-order valence-corrected chi connectivity index (χ2v) is 18.7. The molecule has 3 unspecified atom stereocenters. The summed E-state index contributed by atoms with van der Waals surface area (Å²) in [4.78, 5) is 43.5. The summed E-state index contributed by atoms with van der Waals surface area (Å²) in [6.07, 6.45) is 0.535. The molecule has 6 aromatic rings. The maximum Gasteiger partial charge on any atom is 0.368 e. The lowest BCUT2D eigenvalue weighted by molar-refractivity contribution is -0.150. The van der Waals surface area contributed by atoms with Crippen LogP contribution in [-0.4, -0.2) is 79.3 Å². The first kappa shape index (κ1) is 50.2. The molecule has 0 spiro atoms. The minimum atomic E-state index is -3.74. The van der Waals surface area contributed by atoms with Crippen LogP contribution < -0.4 is 16.2 Å². The molecule has 360 valence electrons. The van der Waals surface area contributed by atoms with Gasteiger partial charge in [-0.2, -0.15) is 0 Å². The van der Waals surface area contributed by atoms with E-state index in [1.165, 1.54) is 0 Å². The zero-order valence-electron chi connectivity index (χ0n) is 38.7. The van der Waals surface area contributed by atoms with E-state index in [1.54, 1.807) is 53.3 Å². The van der Waals surface area contributed by atoms with Crippen molar-refractivity contribution in [2.45, 2.75) is 63.8 Å². The summed E-state index contributed by atoms with van der Waals surface area (Å²) in [5.74, 6) is -0.683. The Balaban J connectivity index is 1.16. The number of methoxy groups -OCH3 is 1. The molecule has 14 nitrogen and oxygen atoms in total. The fourth-order valence-electron chi connectivity index (χ4n) is 8.25. The zero-order chi connectivity index (χ0) is 48.4. The van der Waals surface area contributed by atoms with Crippen LogP contribution in [0.5, 0.6) is 5.75 Å².